The van der Waals surface area contributed by atoms with Crippen molar-refractivity contribution in [1.29, 1.82) is 0 Å². The van der Waals surface area contributed by atoms with Crippen LogP contribution >= 0.6 is 11.8 Å². The first-order valence-corrected chi connectivity index (χ1v) is 7.08. The highest BCUT2D eigenvalue weighted by molar-refractivity contribution is 7.99. The molecule has 1 aromatic carbocycles. The van der Waals surface area contributed by atoms with E-state index in [-0.39, 0.29) is 5.75 Å². The fourth-order valence-corrected chi connectivity index (χ4v) is 2.60. The highest BCUT2D eigenvalue weighted by Gasteiger charge is 2.11. The molecule has 1 aromatic heterocycles. The highest BCUT2D eigenvalue weighted by atomic mass is 32.2. The zero-order valence-electron chi connectivity index (χ0n) is 11.0. The predicted octanol–water partition coefficient (Wildman–Crippen LogP) is 2.92. The van der Waals surface area contributed by atoms with Gasteiger partial charge in [0.1, 0.15) is 0 Å². The second-order valence-electron chi connectivity index (χ2n) is 4.22. The van der Waals surface area contributed by atoms with Gasteiger partial charge in [-0.15, -0.1) is 0 Å². The molecule has 0 aliphatic heterocycles. The number of benzene rings is 1. The molecular weight excluding hydrogens is 260 g/mol. The number of thioether (sulfide) groups is 1. The van der Waals surface area contributed by atoms with E-state index in [0.29, 0.717) is 5.16 Å². The molecule has 4 nitrogen and oxygen atoms in total. The number of rotatable bonds is 5. The van der Waals surface area contributed by atoms with Crippen LogP contribution in [0.5, 0.6) is 0 Å². The van der Waals surface area contributed by atoms with Crippen LogP contribution in [0.1, 0.15) is 18.2 Å². The molecule has 2 aromatic rings. The first kappa shape index (κ1) is 13.7. The van der Waals surface area contributed by atoms with Crippen LogP contribution in [0.25, 0.3) is 5.69 Å². The van der Waals surface area contributed by atoms with Gasteiger partial charge in [-0.05, 0) is 31.0 Å². The van der Waals surface area contributed by atoms with Gasteiger partial charge in [-0.2, -0.15) is 0 Å². The summed E-state index contributed by atoms with van der Waals surface area (Å²) in [5, 5.41) is 9.47. The zero-order valence-corrected chi connectivity index (χ0v) is 11.8. The minimum Gasteiger partial charge on any atom is -0.481 e. The van der Waals surface area contributed by atoms with Crippen molar-refractivity contribution in [3.05, 3.63) is 41.7 Å². The topological polar surface area (TPSA) is 55.1 Å². The average molecular weight is 276 g/mol. The molecule has 19 heavy (non-hydrogen) atoms. The van der Waals surface area contributed by atoms with Gasteiger partial charge in [0, 0.05) is 17.6 Å². The van der Waals surface area contributed by atoms with Crippen LogP contribution in [0.3, 0.4) is 0 Å². The lowest BCUT2D eigenvalue weighted by atomic mass is 10.1. The van der Waals surface area contributed by atoms with Crippen molar-refractivity contribution in [2.45, 2.75) is 25.4 Å². The zero-order chi connectivity index (χ0) is 13.8. The summed E-state index contributed by atoms with van der Waals surface area (Å²) in [4.78, 5) is 14.9. The normalized spacial score (nSPS) is 10.6. The maximum absolute atomic E-state index is 10.7. The van der Waals surface area contributed by atoms with Gasteiger partial charge in [0.05, 0.1) is 5.75 Å². The van der Waals surface area contributed by atoms with Gasteiger partial charge in [-0.25, -0.2) is 4.98 Å². The molecule has 0 aliphatic rings. The molecule has 0 spiro atoms. The van der Waals surface area contributed by atoms with E-state index in [9.17, 15) is 4.79 Å². The number of aliphatic carboxylic acids is 1. The van der Waals surface area contributed by atoms with Crippen LogP contribution in [0.15, 0.2) is 35.6 Å². The Morgan fingerprint density at radius 1 is 1.37 bits per heavy atom. The molecule has 0 radical (unpaired) electrons. The minimum absolute atomic E-state index is 0.0174. The van der Waals surface area contributed by atoms with E-state index in [2.05, 4.69) is 24.0 Å². The lowest BCUT2D eigenvalue weighted by molar-refractivity contribution is -0.133. The lowest BCUT2D eigenvalue weighted by Crippen LogP contribution is -2.03. The van der Waals surface area contributed by atoms with Crippen LogP contribution in [0.2, 0.25) is 0 Å². The molecule has 0 bridgehead atoms. The summed E-state index contributed by atoms with van der Waals surface area (Å²) >= 11 is 1.23. The maximum Gasteiger partial charge on any atom is 0.313 e. The third-order valence-electron chi connectivity index (χ3n) is 2.83. The number of hydrogen-bond acceptors (Lipinski definition) is 3. The van der Waals surface area contributed by atoms with E-state index in [1.165, 1.54) is 17.3 Å². The number of carboxylic acids is 1. The van der Waals surface area contributed by atoms with Crippen LogP contribution in [-0.4, -0.2) is 26.4 Å². The fraction of sp³-hybridized carbons (Fsp3) is 0.286. The largest absolute Gasteiger partial charge is 0.481 e. The number of carboxylic acid groups (broad SMARTS) is 1. The van der Waals surface area contributed by atoms with Crippen molar-refractivity contribution in [2.24, 2.45) is 0 Å². The van der Waals surface area contributed by atoms with Crippen LogP contribution in [-0.2, 0) is 11.2 Å². The standard InChI is InChI=1S/C14H16N2O2S/c1-3-11-4-6-12(7-5-11)16-10(2)8-15-14(16)19-9-13(17)18/h4-8H,3,9H2,1-2H3,(H,17,18). The lowest BCUT2D eigenvalue weighted by Gasteiger charge is -2.09. The van der Waals surface area contributed by atoms with Crippen molar-refractivity contribution in [2.75, 3.05) is 5.75 Å². The van der Waals surface area contributed by atoms with Gasteiger partial charge in [0.25, 0.3) is 0 Å². The van der Waals surface area contributed by atoms with Crippen molar-refractivity contribution in [3.8, 4) is 5.69 Å². The van der Waals surface area contributed by atoms with E-state index < -0.39 is 5.97 Å². The summed E-state index contributed by atoms with van der Waals surface area (Å²) in [6, 6.07) is 8.25. The molecule has 0 saturated carbocycles. The highest BCUT2D eigenvalue weighted by Crippen LogP contribution is 2.23. The third kappa shape index (κ3) is 3.17. The number of aryl methyl sites for hydroxylation is 2. The van der Waals surface area contributed by atoms with Crippen LogP contribution < -0.4 is 0 Å². The average Bonchev–Trinajstić information content (AvgIpc) is 2.78. The Hall–Kier alpha value is -1.75. The number of nitrogens with zero attached hydrogens (tertiary/aromatic N) is 2. The Morgan fingerprint density at radius 2 is 2.05 bits per heavy atom. The summed E-state index contributed by atoms with van der Waals surface area (Å²) in [6.07, 6.45) is 2.77. The quantitative estimate of drug-likeness (QED) is 0.853. The van der Waals surface area contributed by atoms with Crippen molar-refractivity contribution >= 4 is 17.7 Å². The van der Waals surface area contributed by atoms with Gasteiger partial charge in [-0.1, -0.05) is 30.8 Å². The monoisotopic (exact) mass is 276 g/mol. The summed E-state index contributed by atoms with van der Waals surface area (Å²) in [6.45, 7) is 4.08. The summed E-state index contributed by atoms with van der Waals surface area (Å²) < 4.78 is 1.98. The second-order valence-corrected chi connectivity index (χ2v) is 5.16. The Morgan fingerprint density at radius 3 is 2.63 bits per heavy atom. The predicted molar refractivity (Wildman–Crippen MR) is 76.0 cm³/mol. The molecule has 0 atom stereocenters. The molecule has 0 fully saturated rings. The number of carbonyl (C=O) groups is 1. The molecule has 0 amide bonds. The number of aromatic nitrogens is 2. The van der Waals surface area contributed by atoms with Gasteiger partial charge < -0.3 is 5.11 Å². The van der Waals surface area contributed by atoms with Gasteiger partial charge in [-0.3, -0.25) is 9.36 Å². The van der Waals surface area contributed by atoms with Crippen molar-refractivity contribution in [1.82, 2.24) is 9.55 Å². The SMILES string of the molecule is CCc1ccc(-n2c(C)cnc2SCC(=O)O)cc1. The van der Waals surface area contributed by atoms with E-state index in [1.807, 2.05) is 23.6 Å². The third-order valence-corrected chi connectivity index (χ3v) is 3.77. The number of imidazole rings is 1. The maximum atomic E-state index is 10.7. The smallest absolute Gasteiger partial charge is 0.313 e. The summed E-state index contributed by atoms with van der Waals surface area (Å²) in [7, 11) is 0. The Labute approximate surface area is 116 Å². The molecule has 1 N–H and O–H groups in total. The van der Waals surface area contributed by atoms with Crippen molar-refractivity contribution in [3.63, 3.8) is 0 Å². The summed E-state index contributed by atoms with van der Waals surface area (Å²) in [5.74, 6) is -0.817. The number of hydrogen-bond donors (Lipinski definition) is 1. The van der Waals surface area contributed by atoms with Crippen LogP contribution in [0, 0.1) is 6.92 Å². The molecule has 1 heterocycles. The molecule has 0 unspecified atom stereocenters. The molecule has 0 saturated heterocycles. The molecule has 5 heteroatoms. The second kappa shape index (κ2) is 5.93. The van der Waals surface area contributed by atoms with E-state index in [4.69, 9.17) is 5.11 Å². The van der Waals surface area contributed by atoms with E-state index in [1.54, 1.807) is 6.20 Å². The van der Waals surface area contributed by atoms with Crippen LogP contribution in [0.4, 0.5) is 0 Å². The first-order chi connectivity index (χ1) is 9.11. The minimum atomic E-state index is -0.835. The van der Waals surface area contributed by atoms with Gasteiger partial charge >= 0.3 is 5.97 Å². The molecule has 2 rings (SSSR count). The Balaban J connectivity index is 2.31. The van der Waals surface area contributed by atoms with Gasteiger partial charge in [0.2, 0.25) is 0 Å². The fourth-order valence-electron chi connectivity index (χ4n) is 1.84. The molecule has 100 valence electrons. The molecule has 0 aliphatic carbocycles. The van der Waals surface area contributed by atoms with E-state index >= 15 is 0 Å². The first-order valence-electron chi connectivity index (χ1n) is 6.10. The van der Waals surface area contributed by atoms with E-state index in [0.717, 1.165) is 17.8 Å². The Bertz CT molecular complexity index is 576. The summed E-state index contributed by atoms with van der Waals surface area (Å²) in [5.41, 5.74) is 3.29. The Kier molecular flexibility index (Phi) is 4.27. The van der Waals surface area contributed by atoms with Crippen molar-refractivity contribution < 1.29 is 9.90 Å². The van der Waals surface area contributed by atoms with Gasteiger partial charge in [0.15, 0.2) is 5.16 Å². The molecular formula is C14H16N2O2S.